The quantitative estimate of drug-likeness (QED) is 0.828. The van der Waals surface area contributed by atoms with Crippen LogP contribution in [0.4, 0.5) is 8.78 Å². The number of hydrogen-bond acceptors (Lipinski definition) is 3. The van der Waals surface area contributed by atoms with Crippen LogP contribution in [-0.2, 0) is 9.53 Å². The summed E-state index contributed by atoms with van der Waals surface area (Å²) in [6.45, 7) is -0.0399. The second-order valence-electron chi connectivity index (χ2n) is 4.21. The first-order valence-electron chi connectivity index (χ1n) is 5.46. The van der Waals surface area contributed by atoms with E-state index in [2.05, 4.69) is 0 Å². The van der Waals surface area contributed by atoms with E-state index in [1.165, 1.54) is 18.2 Å². The van der Waals surface area contributed by atoms with Crippen molar-refractivity contribution in [2.75, 3.05) is 20.7 Å². The predicted molar refractivity (Wildman–Crippen MR) is 63.0 cm³/mol. The molecule has 1 aliphatic rings. The molecular weight excluding hydrogens is 240 g/mol. The molecule has 5 heteroatoms. The minimum absolute atomic E-state index is 0.0399. The third-order valence-electron chi connectivity index (χ3n) is 2.67. The molecule has 0 saturated carbocycles. The van der Waals surface area contributed by atoms with Crippen molar-refractivity contribution in [1.29, 1.82) is 0 Å². The van der Waals surface area contributed by atoms with Gasteiger partial charge in [0, 0.05) is 19.7 Å². The molecule has 0 radical (unpaired) electrons. The number of halogens is 2. The number of ketones is 1. The highest BCUT2D eigenvalue weighted by molar-refractivity contribution is 6.23. The van der Waals surface area contributed by atoms with Crippen molar-refractivity contribution in [2.45, 2.75) is 6.43 Å². The van der Waals surface area contributed by atoms with Gasteiger partial charge >= 0.3 is 0 Å². The van der Waals surface area contributed by atoms with E-state index in [9.17, 15) is 13.6 Å². The first-order chi connectivity index (χ1) is 8.50. The normalized spacial score (nSPS) is 15.3. The van der Waals surface area contributed by atoms with E-state index in [1.54, 1.807) is 25.1 Å². The van der Waals surface area contributed by atoms with Crippen LogP contribution in [0, 0.1) is 0 Å². The summed E-state index contributed by atoms with van der Waals surface area (Å²) in [7, 11) is 3.48. The largest absolute Gasteiger partial charge is 0.470 e. The van der Waals surface area contributed by atoms with Crippen LogP contribution in [0.2, 0.25) is 0 Å². The highest BCUT2D eigenvalue weighted by Crippen LogP contribution is 2.30. The summed E-state index contributed by atoms with van der Waals surface area (Å²) >= 11 is 0. The van der Waals surface area contributed by atoms with E-state index >= 15 is 0 Å². The molecule has 0 saturated heterocycles. The Morgan fingerprint density at radius 2 is 2.06 bits per heavy atom. The highest BCUT2D eigenvalue weighted by Gasteiger charge is 2.28. The minimum Gasteiger partial charge on any atom is -0.470 e. The van der Waals surface area contributed by atoms with Crippen LogP contribution in [0.25, 0.3) is 5.57 Å². The van der Waals surface area contributed by atoms with Crippen molar-refractivity contribution >= 4 is 11.4 Å². The van der Waals surface area contributed by atoms with Crippen molar-refractivity contribution in [3.8, 4) is 0 Å². The molecule has 0 aromatic heterocycles. The first-order valence-corrected chi connectivity index (χ1v) is 5.46. The van der Waals surface area contributed by atoms with E-state index in [4.69, 9.17) is 4.74 Å². The van der Waals surface area contributed by atoms with Crippen LogP contribution >= 0.6 is 0 Å². The number of rotatable bonds is 3. The molecule has 1 aromatic carbocycles. The summed E-state index contributed by atoms with van der Waals surface area (Å²) in [4.78, 5) is 13.4. The Morgan fingerprint density at radius 1 is 1.33 bits per heavy atom. The Balaban J connectivity index is 2.49. The lowest BCUT2D eigenvalue weighted by atomic mass is 10.0. The van der Waals surface area contributed by atoms with Gasteiger partial charge in [-0.3, -0.25) is 4.79 Å². The standard InChI is InChI=1S/C13H13F2NO2/c1-16(2)13-11(10(17)7-18-13)8-4-3-5-9(6-8)12(14)15/h3-6,12H,7H2,1-2H3. The maximum Gasteiger partial charge on any atom is 0.263 e. The molecular formula is C13H13F2NO2. The third kappa shape index (κ3) is 2.20. The molecule has 18 heavy (non-hydrogen) atoms. The van der Waals surface area contributed by atoms with Crippen molar-refractivity contribution in [2.24, 2.45) is 0 Å². The fourth-order valence-electron chi connectivity index (χ4n) is 1.86. The van der Waals surface area contributed by atoms with Crippen molar-refractivity contribution < 1.29 is 18.3 Å². The van der Waals surface area contributed by atoms with Crippen LogP contribution in [0.1, 0.15) is 17.6 Å². The average Bonchev–Trinajstić information content (AvgIpc) is 2.71. The van der Waals surface area contributed by atoms with E-state index in [0.717, 1.165) is 0 Å². The lowest BCUT2D eigenvalue weighted by Crippen LogP contribution is -2.12. The minimum atomic E-state index is -2.55. The molecule has 1 heterocycles. The maximum atomic E-state index is 12.6. The number of carbonyl (C=O) groups is 1. The van der Waals surface area contributed by atoms with Gasteiger partial charge in [0.15, 0.2) is 6.61 Å². The Hall–Kier alpha value is -1.91. The van der Waals surface area contributed by atoms with Crippen molar-refractivity contribution in [3.05, 3.63) is 41.3 Å². The topological polar surface area (TPSA) is 29.5 Å². The zero-order valence-electron chi connectivity index (χ0n) is 10.1. The predicted octanol–water partition coefficient (Wildman–Crippen LogP) is 2.45. The third-order valence-corrected chi connectivity index (χ3v) is 2.67. The Kier molecular flexibility index (Phi) is 3.32. The number of Topliss-reactive ketones (excluding diaryl/α,β-unsaturated/α-hetero) is 1. The summed E-state index contributed by atoms with van der Waals surface area (Å²) < 4.78 is 30.6. The van der Waals surface area contributed by atoms with Gasteiger partial charge in [0.05, 0.1) is 5.57 Å². The summed E-state index contributed by atoms with van der Waals surface area (Å²) in [6, 6.07) is 5.82. The molecule has 96 valence electrons. The molecule has 0 amide bonds. The number of hydrogen-bond donors (Lipinski definition) is 0. The summed E-state index contributed by atoms with van der Waals surface area (Å²) in [6.07, 6.45) is -2.55. The van der Waals surface area contributed by atoms with Gasteiger partial charge in [0.1, 0.15) is 0 Å². The van der Waals surface area contributed by atoms with E-state index in [0.29, 0.717) is 17.0 Å². The smallest absolute Gasteiger partial charge is 0.263 e. The van der Waals surface area contributed by atoms with Gasteiger partial charge in [-0.25, -0.2) is 8.78 Å². The van der Waals surface area contributed by atoms with Crippen molar-refractivity contribution in [1.82, 2.24) is 4.90 Å². The van der Waals surface area contributed by atoms with Gasteiger partial charge in [-0.15, -0.1) is 0 Å². The van der Waals surface area contributed by atoms with Gasteiger partial charge in [-0.2, -0.15) is 0 Å². The molecule has 3 nitrogen and oxygen atoms in total. The lowest BCUT2D eigenvalue weighted by Gasteiger charge is -2.14. The summed E-state index contributed by atoms with van der Waals surface area (Å²) in [5.41, 5.74) is 0.735. The SMILES string of the molecule is CN(C)C1=C(c2cccc(C(F)F)c2)C(=O)CO1. The molecule has 0 unspecified atom stereocenters. The highest BCUT2D eigenvalue weighted by atomic mass is 19.3. The molecule has 0 N–H and O–H groups in total. The zero-order valence-corrected chi connectivity index (χ0v) is 10.1. The van der Waals surface area contributed by atoms with Gasteiger partial charge in [0.25, 0.3) is 6.43 Å². The zero-order chi connectivity index (χ0) is 13.3. The second kappa shape index (κ2) is 4.76. The monoisotopic (exact) mass is 253 g/mol. The van der Waals surface area contributed by atoms with Crippen molar-refractivity contribution in [3.63, 3.8) is 0 Å². The Bertz CT molecular complexity index is 509. The van der Waals surface area contributed by atoms with E-state index < -0.39 is 6.43 Å². The molecule has 1 aliphatic heterocycles. The number of carbonyl (C=O) groups excluding carboxylic acids is 1. The van der Waals surface area contributed by atoms with E-state index in [1.807, 2.05) is 0 Å². The maximum absolute atomic E-state index is 12.6. The fraction of sp³-hybridized carbons (Fsp3) is 0.308. The number of ether oxygens (including phenoxy) is 1. The van der Waals surface area contributed by atoms with Crippen LogP contribution in [-0.4, -0.2) is 31.4 Å². The Labute approximate surface area is 104 Å². The van der Waals surface area contributed by atoms with E-state index in [-0.39, 0.29) is 18.0 Å². The first kappa shape index (κ1) is 12.5. The number of benzene rings is 1. The molecule has 0 spiro atoms. The van der Waals surface area contributed by atoms with Gasteiger partial charge in [-0.1, -0.05) is 18.2 Å². The number of alkyl halides is 2. The van der Waals surface area contributed by atoms with Gasteiger partial charge < -0.3 is 9.64 Å². The molecule has 2 rings (SSSR count). The molecule has 1 aromatic rings. The van der Waals surface area contributed by atoms with Crippen LogP contribution in [0.3, 0.4) is 0 Å². The molecule has 0 fully saturated rings. The van der Waals surface area contributed by atoms with Gasteiger partial charge in [-0.05, 0) is 11.6 Å². The summed E-state index contributed by atoms with van der Waals surface area (Å²) in [5, 5.41) is 0. The number of nitrogens with zero attached hydrogens (tertiary/aromatic N) is 1. The summed E-state index contributed by atoms with van der Waals surface area (Å²) in [5.74, 6) is 0.233. The molecule has 0 atom stereocenters. The fourth-order valence-corrected chi connectivity index (χ4v) is 1.86. The van der Waals surface area contributed by atoms with Crippen LogP contribution in [0.15, 0.2) is 30.1 Å². The Morgan fingerprint density at radius 3 is 2.67 bits per heavy atom. The molecule has 0 aliphatic carbocycles. The van der Waals surface area contributed by atoms with Crippen LogP contribution < -0.4 is 0 Å². The lowest BCUT2D eigenvalue weighted by molar-refractivity contribution is -0.115. The molecule has 0 bridgehead atoms. The van der Waals surface area contributed by atoms with Crippen LogP contribution in [0.5, 0.6) is 0 Å². The van der Waals surface area contributed by atoms with Gasteiger partial charge in [0.2, 0.25) is 11.7 Å². The second-order valence-corrected chi connectivity index (χ2v) is 4.21. The average molecular weight is 253 g/mol.